The molecule has 158 valence electrons. The Morgan fingerprint density at radius 2 is 1.86 bits per heavy atom. The molecular formula is C25H41NO2. The van der Waals surface area contributed by atoms with E-state index in [9.17, 15) is 10.2 Å². The molecule has 3 nitrogen and oxygen atoms in total. The van der Waals surface area contributed by atoms with E-state index >= 15 is 0 Å². The van der Waals surface area contributed by atoms with Crippen molar-refractivity contribution in [3.63, 3.8) is 0 Å². The van der Waals surface area contributed by atoms with E-state index in [1.165, 1.54) is 77.4 Å². The van der Waals surface area contributed by atoms with E-state index in [2.05, 4.69) is 17.1 Å². The number of aliphatic hydroxyl groups excluding tert-OH is 2. The van der Waals surface area contributed by atoms with Crippen LogP contribution in [0.1, 0.15) is 77.0 Å². The molecule has 3 heteroatoms. The minimum atomic E-state index is -0.307. The van der Waals surface area contributed by atoms with Crippen LogP contribution in [0.3, 0.4) is 0 Å². The molecule has 3 fully saturated rings. The Bertz CT molecular complexity index is 545. The second kappa shape index (κ2) is 9.91. The van der Waals surface area contributed by atoms with Gasteiger partial charge in [-0.1, -0.05) is 43.1 Å². The lowest BCUT2D eigenvalue weighted by atomic mass is 9.88. The number of aliphatic hydroxyl groups is 2. The molecule has 1 saturated heterocycles. The summed E-state index contributed by atoms with van der Waals surface area (Å²) in [5, 5.41) is 21.0. The van der Waals surface area contributed by atoms with Crippen LogP contribution < -0.4 is 0 Å². The Balaban J connectivity index is 1.19. The third-order valence-electron chi connectivity index (χ3n) is 8.03. The van der Waals surface area contributed by atoms with Crippen molar-refractivity contribution in [2.45, 2.75) is 89.3 Å². The Morgan fingerprint density at radius 3 is 2.64 bits per heavy atom. The summed E-state index contributed by atoms with van der Waals surface area (Å²) in [6.45, 7) is 3.94. The maximum absolute atomic E-state index is 10.5. The molecule has 0 aromatic carbocycles. The van der Waals surface area contributed by atoms with Gasteiger partial charge in [0.15, 0.2) is 0 Å². The van der Waals surface area contributed by atoms with E-state index in [4.69, 9.17) is 0 Å². The fourth-order valence-corrected chi connectivity index (χ4v) is 6.36. The monoisotopic (exact) mass is 387 g/mol. The average molecular weight is 388 g/mol. The molecule has 4 aliphatic rings. The molecule has 0 unspecified atom stereocenters. The van der Waals surface area contributed by atoms with Gasteiger partial charge < -0.3 is 15.1 Å². The number of rotatable bonds is 9. The highest BCUT2D eigenvalue weighted by atomic mass is 16.3. The zero-order valence-corrected chi connectivity index (χ0v) is 17.6. The van der Waals surface area contributed by atoms with Crippen LogP contribution in [0, 0.1) is 23.7 Å². The van der Waals surface area contributed by atoms with Crippen molar-refractivity contribution in [2.24, 2.45) is 23.7 Å². The minimum absolute atomic E-state index is 0.222. The van der Waals surface area contributed by atoms with Crippen LogP contribution in [0.4, 0.5) is 0 Å². The highest BCUT2D eigenvalue weighted by Crippen LogP contribution is 2.48. The number of nitrogens with zero attached hydrogens (tertiary/aromatic N) is 1. The summed E-state index contributed by atoms with van der Waals surface area (Å²) < 4.78 is 0. The summed E-state index contributed by atoms with van der Waals surface area (Å²) in [5.41, 5.74) is 1.64. The normalized spacial score (nSPS) is 35.1. The smallest absolute Gasteiger partial charge is 0.0749 e. The molecule has 2 N–H and O–H groups in total. The van der Waals surface area contributed by atoms with Gasteiger partial charge in [0.05, 0.1) is 12.2 Å². The lowest BCUT2D eigenvalue weighted by molar-refractivity contribution is 0.135. The number of unbranched alkanes of at least 4 members (excludes halogenated alkanes) is 2. The van der Waals surface area contributed by atoms with Crippen molar-refractivity contribution in [3.05, 3.63) is 23.8 Å². The molecule has 3 aliphatic carbocycles. The lowest BCUT2D eigenvalue weighted by Gasteiger charge is -2.20. The Kier molecular flexibility index (Phi) is 7.30. The minimum Gasteiger partial charge on any atom is -0.392 e. The fraction of sp³-hybridized carbons (Fsp3) is 0.840. The van der Waals surface area contributed by atoms with Gasteiger partial charge in [0.2, 0.25) is 0 Å². The summed E-state index contributed by atoms with van der Waals surface area (Å²) in [6, 6.07) is 0. The van der Waals surface area contributed by atoms with Crippen LogP contribution in [0.25, 0.3) is 0 Å². The maximum atomic E-state index is 10.5. The van der Waals surface area contributed by atoms with Gasteiger partial charge in [-0.2, -0.15) is 0 Å². The van der Waals surface area contributed by atoms with E-state index in [0.717, 1.165) is 19.3 Å². The first-order chi connectivity index (χ1) is 13.7. The molecule has 1 aliphatic heterocycles. The molecule has 0 spiro atoms. The van der Waals surface area contributed by atoms with Gasteiger partial charge in [-0.15, -0.1) is 0 Å². The summed E-state index contributed by atoms with van der Waals surface area (Å²) in [5.74, 6) is 1.82. The SMILES string of the molecule is O[C@H](C=C[C@@H]1[C@H]2CC(CCCCCN3CCCC3)=C[C@H]2C[C@H]1O)C1CCCC1. The van der Waals surface area contributed by atoms with E-state index in [-0.39, 0.29) is 18.1 Å². The predicted octanol–water partition coefficient (Wildman–Crippen LogP) is 4.69. The van der Waals surface area contributed by atoms with E-state index in [1.54, 1.807) is 5.57 Å². The van der Waals surface area contributed by atoms with Gasteiger partial charge in [0.25, 0.3) is 0 Å². The first kappa shape index (κ1) is 20.6. The first-order valence-corrected chi connectivity index (χ1v) is 12.2. The van der Waals surface area contributed by atoms with Crippen molar-refractivity contribution in [1.82, 2.24) is 4.90 Å². The second-order valence-electron chi connectivity index (χ2n) is 10.0. The third-order valence-corrected chi connectivity index (χ3v) is 8.03. The van der Waals surface area contributed by atoms with Gasteiger partial charge in [0, 0.05) is 5.92 Å². The quantitative estimate of drug-likeness (QED) is 0.445. The summed E-state index contributed by atoms with van der Waals surface area (Å²) >= 11 is 0. The maximum Gasteiger partial charge on any atom is 0.0749 e. The van der Waals surface area contributed by atoms with Crippen LogP contribution in [0.15, 0.2) is 23.8 Å². The average Bonchev–Trinajstić information content (AvgIpc) is 3.46. The van der Waals surface area contributed by atoms with E-state index in [1.807, 2.05) is 6.08 Å². The number of allylic oxidation sites excluding steroid dienone is 2. The van der Waals surface area contributed by atoms with Crippen molar-refractivity contribution < 1.29 is 10.2 Å². The van der Waals surface area contributed by atoms with Gasteiger partial charge in [-0.3, -0.25) is 0 Å². The number of hydrogen-bond acceptors (Lipinski definition) is 3. The van der Waals surface area contributed by atoms with Crippen LogP contribution in [-0.4, -0.2) is 47.0 Å². The molecule has 5 atom stereocenters. The largest absolute Gasteiger partial charge is 0.392 e. The molecule has 2 saturated carbocycles. The van der Waals surface area contributed by atoms with Gasteiger partial charge >= 0.3 is 0 Å². The third kappa shape index (κ3) is 5.09. The Hall–Kier alpha value is -0.640. The van der Waals surface area contributed by atoms with Crippen molar-refractivity contribution >= 4 is 0 Å². The van der Waals surface area contributed by atoms with Crippen LogP contribution in [-0.2, 0) is 0 Å². The molecular weight excluding hydrogens is 346 g/mol. The Labute approximate surface area is 171 Å². The second-order valence-corrected chi connectivity index (χ2v) is 10.0. The van der Waals surface area contributed by atoms with Gasteiger partial charge in [0.1, 0.15) is 0 Å². The van der Waals surface area contributed by atoms with Crippen molar-refractivity contribution in [2.75, 3.05) is 19.6 Å². The number of fused-ring (bicyclic) bond motifs is 1. The zero-order valence-electron chi connectivity index (χ0n) is 17.6. The number of likely N-dealkylation sites (tertiary alicyclic amines) is 1. The fourth-order valence-electron chi connectivity index (χ4n) is 6.36. The van der Waals surface area contributed by atoms with E-state index in [0.29, 0.717) is 17.8 Å². The summed E-state index contributed by atoms with van der Waals surface area (Å²) in [4.78, 5) is 2.62. The molecule has 0 aromatic heterocycles. The predicted molar refractivity (Wildman–Crippen MR) is 115 cm³/mol. The zero-order chi connectivity index (χ0) is 19.3. The van der Waals surface area contributed by atoms with E-state index < -0.39 is 0 Å². The first-order valence-electron chi connectivity index (χ1n) is 12.2. The molecule has 0 aromatic rings. The molecule has 0 radical (unpaired) electrons. The van der Waals surface area contributed by atoms with Crippen molar-refractivity contribution in [3.8, 4) is 0 Å². The highest BCUT2D eigenvalue weighted by Gasteiger charge is 2.43. The van der Waals surface area contributed by atoms with Gasteiger partial charge in [-0.25, -0.2) is 0 Å². The topological polar surface area (TPSA) is 43.7 Å². The molecule has 0 bridgehead atoms. The Morgan fingerprint density at radius 1 is 1.07 bits per heavy atom. The molecule has 0 amide bonds. The lowest BCUT2D eigenvalue weighted by Crippen LogP contribution is -2.20. The standard InChI is InChI=1S/C25H41NO2/c27-24(20-9-3-4-10-20)12-11-22-23-17-19(16-21(23)18-25(22)28)8-2-1-5-13-26-14-6-7-15-26/h11-12,16,20-25,27-28H,1-10,13-15,17-18H2/t21-,22+,23-,24+,25+/m0/s1. The summed E-state index contributed by atoms with van der Waals surface area (Å²) in [7, 11) is 0. The molecule has 28 heavy (non-hydrogen) atoms. The summed E-state index contributed by atoms with van der Waals surface area (Å²) in [6.07, 6.45) is 21.2. The van der Waals surface area contributed by atoms with Crippen LogP contribution in [0.2, 0.25) is 0 Å². The van der Waals surface area contributed by atoms with Crippen LogP contribution in [0.5, 0.6) is 0 Å². The van der Waals surface area contributed by atoms with Gasteiger partial charge in [-0.05, 0) is 95.2 Å². The highest BCUT2D eigenvalue weighted by molar-refractivity contribution is 5.21. The van der Waals surface area contributed by atoms with Crippen molar-refractivity contribution in [1.29, 1.82) is 0 Å². The molecule has 1 heterocycles. The molecule has 4 rings (SSSR count). The van der Waals surface area contributed by atoms with Crippen LogP contribution >= 0.6 is 0 Å². The number of hydrogen-bond donors (Lipinski definition) is 2.